The van der Waals surface area contributed by atoms with Crippen molar-refractivity contribution in [3.05, 3.63) is 0 Å². The van der Waals surface area contributed by atoms with Crippen molar-refractivity contribution in [2.75, 3.05) is 66.1 Å². The van der Waals surface area contributed by atoms with Crippen molar-refractivity contribution in [3.63, 3.8) is 0 Å². The van der Waals surface area contributed by atoms with Crippen molar-refractivity contribution in [1.82, 2.24) is 0 Å². The fraction of sp³-hybridized carbons (Fsp3) is 1.00. The summed E-state index contributed by atoms with van der Waals surface area (Å²) in [6.07, 6.45) is 0. The molecule has 6 nitrogen and oxygen atoms in total. The molecule has 0 aliphatic heterocycles. The van der Waals surface area contributed by atoms with Crippen LogP contribution in [0.3, 0.4) is 0 Å². The van der Waals surface area contributed by atoms with E-state index in [0.29, 0.717) is 52.9 Å². The van der Waals surface area contributed by atoms with E-state index >= 15 is 0 Å². The van der Waals surface area contributed by atoms with Crippen LogP contribution in [0, 0.1) is 0 Å². The molecule has 0 atom stereocenters. The van der Waals surface area contributed by atoms with E-state index in [1.165, 1.54) is 0 Å². The molecule has 0 fully saturated rings. The minimum Gasteiger partial charge on any atom is -0.394 e. The lowest BCUT2D eigenvalue weighted by molar-refractivity contribution is -0.00856. The van der Waals surface area contributed by atoms with Crippen molar-refractivity contribution >= 4 is 24.8 Å². The smallest absolute Gasteiger partial charge is 0.0701 e. The van der Waals surface area contributed by atoms with Crippen molar-refractivity contribution in [2.24, 2.45) is 0 Å². The highest BCUT2D eigenvalue weighted by Gasteiger charge is 1.91. The molecule has 0 aromatic heterocycles. The number of ether oxygens (including phenoxy) is 4. The lowest BCUT2D eigenvalue weighted by Crippen LogP contribution is -2.13. The van der Waals surface area contributed by atoms with Crippen LogP contribution in [0.4, 0.5) is 0 Å². The molecule has 8 heteroatoms. The molecular weight excluding hydrogens is 287 g/mol. The third-order valence-corrected chi connectivity index (χ3v) is 1.59. The van der Waals surface area contributed by atoms with Crippen molar-refractivity contribution in [3.8, 4) is 0 Å². The average molecular weight is 311 g/mol. The predicted molar refractivity (Wildman–Crippen MR) is 71.9 cm³/mol. The van der Waals surface area contributed by atoms with Gasteiger partial charge in [0, 0.05) is 0 Å². The Labute approximate surface area is 120 Å². The molecule has 0 spiro atoms. The van der Waals surface area contributed by atoms with Gasteiger partial charge in [0.15, 0.2) is 0 Å². The molecule has 0 rings (SSSR count). The van der Waals surface area contributed by atoms with Crippen LogP contribution in [0.25, 0.3) is 0 Å². The molecule has 18 heavy (non-hydrogen) atoms. The molecular formula is C10H24Cl2O6. The number of rotatable bonds is 13. The van der Waals surface area contributed by atoms with Crippen molar-refractivity contribution < 1.29 is 29.2 Å². The number of halogens is 2. The Bertz CT molecular complexity index is 117. The molecule has 0 aromatic rings. The predicted octanol–water partition coefficient (Wildman–Crippen LogP) is -0.119. The van der Waals surface area contributed by atoms with E-state index in [9.17, 15) is 0 Å². The minimum absolute atomic E-state index is 0. The lowest BCUT2D eigenvalue weighted by Gasteiger charge is -2.06. The summed E-state index contributed by atoms with van der Waals surface area (Å²) in [5, 5.41) is 16.8. The van der Waals surface area contributed by atoms with Gasteiger partial charge < -0.3 is 29.2 Å². The van der Waals surface area contributed by atoms with E-state index in [1.807, 2.05) is 0 Å². The monoisotopic (exact) mass is 310 g/mol. The van der Waals surface area contributed by atoms with Gasteiger partial charge in [0.1, 0.15) is 0 Å². The molecule has 0 saturated heterocycles. The van der Waals surface area contributed by atoms with Gasteiger partial charge in [-0.15, -0.1) is 24.8 Å². The standard InChI is InChI=1S/C10H22O6.2ClH/c11-1-3-13-5-7-15-9-10-16-8-6-14-4-2-12;;/h11-12H,1-10H2;2*1H. The second-order valence-corrected chi connectivity index (χ2v) is 2.90. The van der Waals surface area contributed by atoms with Gasteiger partial charge in [-0.25, -0.2) is 0 Å². The molecule has 0 aliphatic carbocycles. The van der Waals surface area contributed by atoms with Crippen LogP contribution in [0.2, 0.25) is 0 Å². The maximum atomic E-state index is 8.41. The molecule has 0 radical (unpaired) electrons. The number of hydrogen-bond acceptors (Lipinski definition) is 6. The number of hydrogen-bond donors (Lipinski definition) is 2. The molecule has 0 saturated carbocycles. The first-order valence-corrected chi connectivity index (χ1v) is 5.44. The summed E-state index contributed by atoms with van der Waals surface area (Å²) in [5.74, 6) is 0. The Balaban J connectivity index is -0.00000112. The van der Waals surface area contributed by atoms with E-state index in [-0.39, 0.29) is 38.0 Å². The van der Waals surface area contributed by atoms with Crippen LogP contribution >= 0.6 is 24.8 Å². The largest absolute Gasteiger partial charge is 0.394 e. The summed E-state index contributed by atoms with van der Waals surface area (Å²) in [5.41, 5.74) is 0. The van der Waals surface area contributed by atoms with Crippen LogP contribution in [-0.4, -0.2) is 76.3 Å². The summed E-state index contributed by atoms with van der Waals surface area (Å²) in [6, 6.07) is 0. The van der Waals surface area contributed by atoms with E-state index in [1.54, 1.807) is 0 Å². The van der Waals surface area contributed by atoms with E-state index < -0.39 is 0 Å². The Morgan fingerprint density at radius 1 is 0.444 bits per heavy atom. The zero-order chi connectivity index (χ0) is 11.9. The van der Waals surface area contributed by atoms with Crippen LogP contribution < -0.4 is 0 Å². The number of aliphatic hydroxyl groups excluding tert-OH is 2. The molecule has 0 amide bonds. The Morgan fingerprint density at radius 3 is 0.889 bits per heavy atom. The van der Waals surface area contributed by atoms with Gasteiger partial charge >= 0.3 is 0 Å². The van der Waals surface area contributed by atoms with Crippen molar-refractivity contribution in [1.29, 1.82) is 0 Å². The van der Waals surface area contributed by atoms with Gasteiger partial charge in [0.25, 0.3) is 0 Å². The van der Waals surface area contributed by atoms with Gasteiger partial charge in [-0.3, -0.25) is 0 Å². The van der Waals surface area contributed by atoms with E-state index in [4.69, 9.17) is 29.2 Å². The first-order valence-electron chi connectivity index (χ1n) is 5.44. The fourth-order valence-corrected chi connectivity index (χ4v) is 0.891. The molecule has 2 N–H and O–H groups in total. The van der Waals surface area contributed by atoms with Crippen LogP contribution in [0.15, 0.2) is 0 Å². The fourth-order valence-electron chi connectivity index (χ4n) is 0.891. The quantitative estimate of drug-likeness (QED) is 0.462. The Morgan fingerprint density at radius 2 is 0.667 bits per heavy atom. The van der Waals surface area contributed by atoms with Gasteiger partial charge in [-0.2, -0.15) is 0 Å². The highest BCUT2D eigenvalue weighted by Crippen LogP contribution is 1.82. The summed E-state index contributed by atoms with van der Waals surface area (Å²) in [4.78, 5) is 0. The summed E-state index contributed by atoms with van der Waals surface area (Å²) in [6.45, 7) is 3.79. The second-order valence-electron chi connectivity index (χ2n) is 2.90. The van der Waals surface area contributed by atoms with Gasteiger partial charge in [-0.05, 0) is 0 Å². The molecule has 0 bridgehead atoms. The average Bonchev–Trinajstić information content (AvgIpc) is 2.31. The maximum Gasteiger partial charge on any atom is 0.0701 e. The molecule has 0 aliphatic rings. The van der Waals surface area contributed by atoms with Crippen molar-refractivity contribution in [2.45, 2.75) is 0 Å². The summed E-state index contributed by atoms with van der Waals surface area (Å²) in [7, 11) is 0. The third kappa shape index (κ3) is 21.6. The lowest BCUT2D eigenvalue weighted by atomic mass is 10.7. The SMILES string of the molecule is Cl.Cl.OCCOCCOCCOCCOCCO. The highest BCUT2D eigenvalue weighted by molar-refractivity contribution is 5.85. The third-order valence-electron chi connectivity index (χ3n) is 1.59. The number of aliphatic hydroxyl groups is 2. The van der Waals surface area contributed by atoms with Gasteiger partial charge in [-0.1, -0.05) is 0 Å². The normalized spacial score (nSPS) is 9.67. The molecule has 114 valence electrons. The maximum absolute atomic E-state index is 8.41. The van der Waals surface area contributed by atoms with Crippen LogP contribution in [0.5, 0.6) is 0 Å². The molecule has 0 unspecified atom stereocenters. The summed E-state index contributed by atoms with van der Waals surface area (Å²) >= 11 is 0. The topological polar surface area (TPSA) is 77.4 Å². The molecule has 0 heterocycles. The van der Waals surface area contributed by atoms with Crippen LogP contribution in [-0.2, 0) is 18.9 Å². The molecule has 0 aromatic carbocycles. The van der Waals surface area contributed by atoms with Crippen LogP contribution in [0.1, 0.15) is 0 Å². The second kappa shape index (κ2) is 22.5. The van der Waals surface area contributed by atoms with Gasteiger partial charge in [0.05, 0.1) is 66.1 Å². The Kier molecular flexibility index (Phi) is 29.3. The first-order chi connectivity index (χ1) is 7.91. The zero-order valence-corrected chi connectivity index (χ0v) is 12.0. The minimum atomic E-state index is 0. The summed E-state index contributed by atoms with van der Waals surface area (Å²) < 4.78 is 20.4. The Hall–Kier alpha value is 0.340. The highest BCUT2D eigenvalue weighted by atomic mass is 35.5. The van der Waals surface area contributed by atoms with E-state index in [2.05, 4.69) is 0 Å². The first kappa shape index (κ1) is 23.4. The van der Waals surface area contributed by atoms with E-state index in [0.717, 1.165) is 0 Å². The van der Waals surface area contributed by atoms with Gasteiger partial charge in [0.2, 0.25) is 0 Å². The zero-order valence-electron chi connectivity index (χ0n) is 10.4.